The standard InChI is InChI=1S/C41H49F5N4O5/c1-23(2)16-32(38(54)47-31(21-34(51)52)30-20-27(17-26(5)36(30)43)35-24(3)18-28(42)19-25(35)4)48-37(53)29-8-9-33(41(44,45)46)50(39(29)55)14-7-13-49-15-12-40(22-49)10-6-11-40/h8-9,17-20,23,31-32H,6-7,10-16,21-22H2,1-5H3,(H,47,54)(H,48,53)(H,51,52)/t31-,32-/m0/s1. The summed E-state index contributed by atoms with van der Waals surface area (Å²) in [4.78, 5) is 55.3. The molecule has 1 saturated carbocycles. The van der Waals surface area contributed by atoms with Crippen LogP contribution in [0.5, 0.6) is 0 Å². The molecule has 9 nitrogen and oxygen atoms in total. The molecule has 1 spiro atoms. The topological polar surface area (TPSA) is 121 Å². The minimum atomic E-state index is -4.87. The number of likely N-dealkylation sites (tertiary alicyclic amines) is 1. The van der Waals surface area contributed by atoms with E-state index in [0.29, 0.717) is 44.8 Å². The second kappa shape index (κ2) is 16.6. The monoisotopic (exact) mass is 772 g/mol. The van der Waals surface area contributed by atoms with Gasteiger partial charge in [0, 0.05) is 18.7 Å². The number of aromatic nitrogens is 1. The van der Waals surface area contributed by atoms with E-state index in [1.807, 2.05) is 0 Å². The van der Waals surface area contributed by atoms with Crippen molar-refractivity contribution >= 4 is 17.8 Å². The molecule has 3 aromatic rings. The fourth-order valence-corrected chi connectivity index (χ4v) is 8.16. The van der Waals surface area contributed by atoms with Gasteiger partial charge in [-0.15, -0.1) is 0 Å². The van der Waals surface area contributed by atoms with Gasteiger partial charge in [0.25, 0.3) is 11.5 Å². The number of halogens is 5. The molecule has 1 saturated heterocycles. The molecule has 1 aliphatic carbocycles. The third-order valence-electron chi connectivity index (χ3n) is 11.0. The van der Waals surface area contributed by atoms with Crippen molar-refractivity contribution in [3.63, 3.8) is 0 Å². The lowest BCUT2D eigenvalue weighted by molar-refractivity contribution is -0.144. The van der Waals surface area contributed by atoms with E-state index >= 15 is 4.39 Å². The molecule has 2 amide bonds. The van der Waals surface area contributed by atoms with Gasteiger partial charge in [-0.25, -0.2) is 8.78 Å². The number of rotatable bonds is 14. The van der Waals surface area contributed by atoms with E-state index in [4.69, 9.17) is 0 Å². The Hall–Kier alpha value is -4.59. The third kappa shape index (κ3) is 9.63. The van der Waals surface area contributed by atoms with Crippen LogP contribution in [0.15, 0.2) is 41.2 Å². The lowest BCUT2D eigenvalue weighted by atomic mass is 9.68. The Morgan fingerprint density at radius 2 is 1.60 bits per heavy atom. The van der Waals surface area contributed by atoms with Gasteiger partial charge >= 0.3 is 12.1 Å². The second-order valence-electron chi connectivity index (χ2n) is 15.7. The van der Waals surface area contributed by atoms with E-state index in [1.54, 1.807) is 33.8 Å². The summed E-state index contributed by atoms with van der Waals surface area (Å²) in [6.45, 7) is 10.3. The summed E-state index contributed by atoms with van der Waals surface area (Å²) in [5, 5.41) is 14.8. The first-order chi connectivity index (χ1) is 25.8. The first-order valence-corrected chi connectivity index (χ1v) is 18.7. The van der Waals surface area contributed by atoms with Crippen molar-refractivity contribution in [2.75, 3.05) is 19.6 Å². The Morgan fingerprint density at radius 1 is 0.927 bits per heavy atom. The van der Waals surface area contributed by atoms with Gasteiger partial charge in [-0.1, -0.05) is 20.3 Å². The molecule has 2 atom stereocenters. The SMILES string of the molecule is Cc1cc(-c2c(C)cc(F)cc2C)cc([C@H](CC(=O)O)NC(=O)[C@H](CC(C)C)NC(=O)c2ccc(C(F)(F)F)n(CCCN3CCC4(CCC4)C3)c2=O)c1F. The molecule has 0 unspecified atom stereocenters. The summed E-state index contributed by atoms with van der Waals surface area (Å²) >= 11 is 0. The number of carboxylic acid groups (broad SMARTS) is 1. The van der Waals surface area contributed by atoms with Crippen LogP contribution in [0, 0.1) is 43.7 Å². The van der Waals surface area contributed by atoms with Gasteiger partial charge in [0.15, 0.2) is 0 Å². The smallest absolute Gasteiger partial charge is 0.431 e. The Bertz CT molecular complexity index is 1980. The number of hydrogen-bond acceptors (Lipinski definition) is 5. The van der Waals surface area contributed by atoms with Gasteiger partial charge in [0.05, 0.1) is 12.5 Å². The van der Waals surface area contributed by atoms with Crippen molar-refractivity contribution in [2.24, 2.45) is 11.3 Å². The van der Waals surface area contributed by atoms with Crippen LogP contribution in [0.2, 0.25) is 0 Å². The molecular formula is C41H49F5N4O5. The van der Waals surface area contributed by atoms with Crippen LogP contribution in [0.3, 0.4) is 0 Å². The highest BCUT2D eigenvalue weighted by Crippen LogP contribution is 2.48. The number of nitrogens with one attached hydrogen (secondary N) is 2. The Labute approximate surface area is 317 Å². The van der Waals surface area contributed by atoms with Crippen LogP contribution in [-0.2, 0) is 22.3 Å². The number of carboxylic acids is 1. The van der Waals surface area contributed by atoms with Crippen LogP contribution in [0.25, 0.3) is 11.1 Å². The van der Waals surface area contributed by atoms with Crippen molar-refractivity contribution in [1.29, 1.82) is 0 Å². The highest BCUT2D eigenvalue weighted by molar-refractivity contribution is 5.97. The van der Waals surface area contributed by atoms with Crippen LogP contribution in [0.4, 0.5) is 22.0 Å². The van der Waals surface area contributed by atoms with Crippen molar-refractivity contribution < 1.29 is 41.4 Å². The Morgan fingerprint density at radius 3 is 2.16 bits per heavy atom. The number of benzene rings is 2. The third-order valence-corrected chi connectivity index (χ3v) is 11.0. The summed E-state index contributed by atoms with van der Waals surface area (Å²) in [5.41, 5.74) is -0.435. The number of nitrogens with zero attached hydrogens (tertiary/aromatic N) is 2. The number of aryl methyl sites for hydroxylation is 3. The van der Waals surface area contributed by atoms with Crippen molar-refractivity contribution in [1.82, 2.24) is 20.1 Å². The molecule has 2 fully saturated rings. The van der Waals surface area contributed by atoms with E-state index in [0.717, 1.165) is 38.4 Å². The first kappa shape index (κ1) is 41.6. The number of amides is 2. The van der Waals surface area contributed by atoms with E-state index in [2.05, 4.69) is 15.5 Å². The lowest BCUT2D eigenvalue weighted by Crippen LogP contribution is -2.49. The molecule has 5 rings (SSSR count). The van der Waals surface area contributed by atoms with E-state index in [-0.39, 0.29) is 36.4 Å². The molecule has 1 aromatic heterocycles. The normalized spacial score (nSPS) is 16.6. The van der Waals surface area contributed by atoms with E-state index < -0.39 is 70.9 Å². The summed E-state index contributed by atoms with van der Waals surface area (Å²) in [6, 6.07) is 4.26. The average Bonchev–Trinajstić information content (AvgIpc) is 3.50. The van der Waals surface area contributed by atoms with Crippen LogP contribution >= 0.6 is 0 Å². The summed E-state index contributed by atoms with van der Waals surface area (Å²) in [7, 11) is 0. The van der Waals surface area contributed by atoms with Gasteiger partial charge in [-0.05, 0) is 142 Å². The number of pyridine rings is 1. The molecule has 0 radical (unpaired) electrons. The maximum absolute atomic E-state index is 15.8. The first-order valence-electron chi connectivity index (χ1n) is 18.7. The zero-order valence-electron chi connectivity index (χ0n) is 31.8. The van der Waals surface area contributed by atoms with Gasteiger partial charge in [0.2, 0.25) is 5.91 Å². The molecule has 2 aromatic carbocycles. The minimum absolute atomic E-state index is 0.000958. The predicted octanol–water partition coefficient (Wildman–Crippen LogP) is 7.48. The number of aliphatic carboxylic acids is 1. The largest absolute Gasteiger partial charge is 0.481 e. The van der Waals surface area contributed by atoms with E-state index in [9.17, 15) is 41.8 Å². The van der Waals surface area contributed by atoms with Gasteiger partial charge in [0.1, 0.15) is 28.9 Å². The second-order valence-corrected chi connectivity index (χ2v) is 15.7. The van der Waals surface area contributed by atoms with Gasteiger partial charge in [-0.2, -0.15) is 13.2 Å². The van der Waals surface area contributed by atoms with Crippen LogP contribution < -0.4 is 16.2 Å². The van der Waals surface area contributed by atoms with Crippen molar-refractivity contribution in [2.45, 2.75) is 104 Å². The maximum Gasteiger partial charge on any atom is 0.431 e. The van der Waals surface area contributed by atoms with Crippen molar-refractivity contribution in [3.05, 3.63) is 91.9 Å². The van der Waals surface area contributed by atoms with Crippen LogP contribution in [-0.4, -0.2) is 58.0 Å². The molecule has 298 valence electrons. The molecule has 0 bridgehead atoms. The van der Waals surface area contributed by atoms with Gasteiger partial charge < -0.3 is 25.2 Å². The average molecular weight is 773 g/mol. The number of carbonyl (C=O) groups is 3. The minimum Gasteiger partial charge on any atom is -0.481 e. The molecule has 1 aliphatic heterocycles. The summed E-state index contributed by atoms with van der Waals surface area (Å²) in [5.74, 6) is -4.78. The summed E-state index contributed by atoms with van der Waals surface area (Å²) in [6.07, 6.45) is -0.823. The molecule has 2 heterocycles. The zero-order chi connectivity index (χ0) is 40.4. The fraction of sp³-hybridized carbons (Fsp3) is 0.512. The van der Waals surface area contributed by atoms with Crippen LogP contribution in [0.1, 0.15) is 103 Å². The van der Waals surface area contributed by atoms with Gasteiger partial charge in [-0.3, -0.25) is 19.2 Å². The highest BCUT2D eigenvalue weighted by Gasteiger charge is 2.42. The molecular weight excluding hydrogens is 723 g/mol. The lowest BCUT2D eigenvalue weighted by Gasteiger charge is -2.38. The maximum atomic E-state index is 15.8. The zero-order valence-corrected chi connectivity index (χ0v) is 31.8. The number of alkyl halides is 3. The fourth-order valence-electron chi connectivity index (χ4n) is 8.16. The van der Waals surface area contributed by atoms with E-state index in [1.165, 1.54) is 31.5 Å². The number of carbonyl (C=O) groups excluding carboxylic acids is 2. The molecule has 2 aliphatic rings. The quantitative estimate of drug-likeness (QED) is 0.146. The predicted molar refractivity (Wildman–Crippen MR) is 198 cm³/mol. The van der Waals surface area contributed by atoms with Crippen molar-refractivity contribution in [3.8, 4) is 11.1 Å². The Balaban J connectivity index is 1.39. The Kier molecular flexibility index (Phi) is 12.6. The number of hydrogen-bond donors (Lipinski definition) is 3. The molecule has 14 heteroatoms. The summed E-state index contributed by atoms with van der Waals surface area (Å²) < 4.78 is 72.7. The molecule has 55 heavy (non-hydrogen) atoms. The highest BCUT2D eigenvalue weighted by atomic mass is 19.4. The molecule has 3 N–H and O–H groups in total.